The Balaban J connectivity index is 1.75. The van der Waals surface area contributed by atoms with Gasteiger partial charge in [0.05, 0.1) is 26.3 Å². The van der Waals surface area contributed by atoms with Crippen LogP contribution in [0.15, 0.2) is 47.6 Å². The SMILES string of the molecule is COc1ccc(/C=C/c2ccc(N3N=C(C)CC3=O)cc2)cc1OC. The van der Waals surface area contributed by atoms with Crippen molar-refractivity contribution in [3.63, 3.8) is 0 Å². The summed E-state index contributed by atoms with van der Waals surface area (Å²) < 4.78 is 10.6. The van der Waals surface area contributed by atoms with Crippen LogP contribution in [0.5, 0.6) is 11.5 Å². The fourth-order valence-electron chi connectivity index (χ4n) is 2.63. The third-order valence-electron chi connectivity index (χ3n) is 3.93. The Morgan fingerprint density at radius 2 is 1.60 bits per heavy atom. The molecule has 2 aromatic carbocycles. The Bertz CT molecular complexity index is 839. The molecule has 0 aromatic heterocycles. The molecule has 0 spiro atoms. The van der Waals surface area contributed by atoms with Crippen molar-refractivity contribution in [1.82, 2.24) is 0 Å². The van der Waals surface area contributed by atoms with Crippen molar-refractivity contribution >= 4 is 29.5 Å². The Kier molecular flexibility index (Phi) is 4.84. The molecule has 1 aliphatic rings. The van der Waals surface area contributed by atoms with Crippen molar-refractivity contribution in [3.8, 4) is 11.5 Å². The molecule has 1 aliphatic heterocycles. The van der Waals surface area contributed by atoms with Gasteiger partial charge in [-0.3, -0.25) is 4.79 Å². The molecular weight excluding hydrogens is 316 g/mol. The lowest BCUT2D eigenvalue weighted by atomic mass is 10.1. The van der Waals surface area contributed by atoms with E-state index in [2.05, 4.69) is 5.10 Å². The van der Waals surface area contributed by atoms with Crippen LogP contribution in [0.3, 0.4) is 0 Å². The maximum atomic E-state index is 11.9. The van der Waals surface area contributed by atoms with E-state index in [4.69, 9.17) is 9.47 Å². The number of rotatable bonds is 5. The Labute approximate surface area is 147 Å². The second kappa shape index (κ2) is 7.21. The van der Waals surface area contributed by atoms with Crippen molar-refractivity contribution in [3.05, 3.63) is 53.6 Å². The van der Waals surface area contributed by atoms with Crippen molar-refractivity contribution in [2.45, 2.75) is 13.3 Å². The Morgan fingerprint density at radius 3 is 2.20 bits per heavy atom. The highest BCUT2D eigenvalue weighted by Crippen LogP contribution is 2.28. The number of nitrogens with zero attached hydrogens (tertiary/aromatic N) is 2. The van der Waals surface area contributed by atoms with Crippen LogP contribution in [-0.4, -0.2) is 25.8 Å². The van der Waals surface area contributed by atoms with Gasteiger partial charge in [-0.05, 0) is 42.3 Å². The average Bonchev–Trinajstić information content (AvgIpc) is 2.98. The lowest BCUT2D eigenvalue weighted by Gasteiger charge is -2.11. The number of ether oxygens (including phenoxy) is 2. The van der Waals surface area contributed by atoms with Crippen molar-refractivity contribution in [2.75, 3.05) is 19.2 Å². The van der Waals surface area contributed by atoms with Crippen LogP contribution in [0.25, 0.3) is 12.2 Å². The first-order chi connectivity index (χ1) is 12.1. The van der Waals surface area contributed by atoms with E-state index in [1.165, 1.54) is 5.01 Å². The zero-order valence-electron chi connectivity index (χ0n) is 14.5. The van der Waals surface area contributed by atoms with Gasteiger partial charge in [-0.25, -0.2) is 5.01 Å². The summed E-state index contributed by atoms with van der Waals surface area (Å²) in [6.45, 7) is 1.86. The van der Waals surface area contributed by atoms with E-state index in [0.29, 0.717) is 17.9 Å². The van der Waals surface area contributed by atoms with Crippen LogP contribution >= 0.6 is 0 Å². The first-order valence-corrected chi connectivity index (χ1v) is 7.98. The molecule has 1 heterocycles. The highest BCUT2D eigenvalue weighted by molar-refractivity contribution is 6.12. The molecule has 0 N–H and O–H groups in total. The molecule has 1 amide bonds. The fourth-order valence-corrected chi connectivity index (χ4v) is 2.63. The number of anilines is 1. The molecule has 3 rings (SSSR count). The number of methoxy groups -OCH3 is 2. The maximum Gasteiger partial charge on any atom is 0.253 e. The molecule has 2 aromatic rings. The first-order valence-electron chi connectivity index (χ1n) is 7.98. The summed E-state index contributed by atoms with van der Waals surface area (Å²) in [5.74, 6) is 1.40. The molecule has 5 nitrogen and oxygen atoms in total. The molecule has 0 aliphatic carbocycles. The molecule has 0 radical (unpaired) electrons. The lowest BCUT2D eigenvalue weighted by molar-refractivity contribution is -0.116. The standard InChI is InChI=1S/C20H20N2O3/c1-14-12-20(23)22(21-14)17-9-6-15(7-10-17)4-5-16-8-11-18(24-2)19(13-16)25-3/h4-11,13H,12H2,1-3H3/b5-4+. The molecule has 25 heavy (non-hydrogen) atoms. The predicted molar refractivity (Wildman–Crippen MR) is 100 cm³/mol. The third-order valence-corrected chi connectivity index (χ3v) is 3.93. The average molecular weight is 336 g/mol. The number of hydrogen-bond acceptors (Lipinski definition) is 4. The minimum absolute atomic E-state index is 0.00567. The number of benzene rings is 2. The molecular formula is C20H20N2O3. The van der Waals surface area contributed by atoms with Crippen LogP contribution in [-0.2, 0) is 4.79 Å². The summed E-state index contributed by atoms with van der Waals surface area (Å²) in [6, 6.07) is 13.5. The van der Waals surface area contributed by atoms with Gasteiger partial charge in [0, 0.05) is 5.71 Å². The largest absolute Gasteiger partial charge is 0.493 e. The maximum absolute atomic E-state index is 11.9. The van der Waals surface area contributed by atoms with E-state index in [1.54, 1.807) is 14.2 Å². The molecule has 5 heteroatoms. The Hall–Kier alpha value is -3.08. The van der Waals surface area contributed by atoms with Crippen LogP contribution in [0.2, 0.25) is 0 Å². The molecule has 0 fully saturated rings. The second-order valence-corrected chi connectivity index (χ2v) is 5.76. The fraction of sp³-hybridized carbons (Fsp3) is 0.200. The van der Waals surface area contributed by atoms with Gasteiger partial charge in [-0.15, -0.1) is 0 Å². The van der Waals surface area contributed by atoms with E-state index in [9.17, 15) is 4.79 Å². The molecule has 128 valence electrons. The summed E-state index contributed by atoms with van der Waals surface area (Å²) in [4.78, 5) is 11.9. The van der Waals surface area contributed by atoms with E-state index in [0.717, 1.165) is 22.5 Å². The van der Waals surface area contributed by atoms with Gasteiger partial charge in [0.25, 0.3) is 5.91 Å². The number of carbonyl (C=O) groups excluding carboxylic acids is 1. The van der Waals surface area contributed by atoms with E-state index in [-0.39, 0.29) is 5.91 Å². The topological polar surface area (TPSA) is 51.1 Å². The number of hydrazone groups is 1. The van der Waals surface area contributed by atoms with Gasteiger partial charge in [0.1, 0.15) is 0 Å². The van der Waals surface area contributed by atoms with Crippen molar-refractivity contribution in [2.24, 2.45) is 5.10 Å². The second-order valence-electron chi connectivity index (χ2n) is 5.76. The van der Waals surface area contributed by atoms with Crippen molar-refractivity contribution < 1.29 is 14.3 Å². The van der Waals surface area contributed by atoms with Gasteiger partial charge in [-0.1, -0.05) is 30.4 Å². The van der Waals surface area contributed by atoms with Gasteiger partial charge >= 0.3 is 0 Å². The molecule has 0 atom stereocenters. The predicted octanol–water partition coefficient (Wildman–Crippen LogP) is 3.99. The van der Waals surface area contributed by atoms with E-state index < -0.39 is 0 Å². The zero-order chi connectivity index (χ0) is 17.8. The van der Waals surface area contributed by atoms with Gasteiger partial charge in [-0.2, -0.15) is 5.10 Å². The quantitative estimate of drug-likeness (QED) is 0.776. The highest BCUT2D eigenvalue weighted by atomic mass is 16.5. The van der Waals surface area contributed by atoms with Crippen LogP contribution < -0.4 is 14.5 Å². The van der Waals surface area contributed by atoms with E-state index in [1.807, 2.05) is 61.5 Å². The summed E-state index contributed by atoms with van der Waals surface area (Å²) in [5, 5.41) is 5.71. The van der Waals surface area contributed by atoms with Gasteiger partial charge < -0.3 is 9.47 Å². The summed E-state index contributed by atoms with van der Waals surface area (Å²) in [5.41, 5.74) is 3.66. The van der Waals surface area contributed by atoms with Gasteiger partial charge in [0.2, 0.25) is 0 Å². The Morgan fingerprint density at radius 1 is 0.960 bits per heavy atom. The van der Waals surface area contributed by atoms with Crippen LogP contribution in [0.1, 0.15) is 24.5 Å². The molecule has 0 bridgehead atoms. The third kappa shape index (κ3) is 3.71. The minimum Gasteiger partial charge on any atom is -0.493 e. The summed E-state index contributed by atoms with van der Waals surface area (Å²) in [7, 11) is 3.24. The molecule has 0 saturated carbocycles. The highest BCUT2D eigenvalue weighted by Gasteiger charge is 2.22. The minimum atomic E-state index is 0.00567. The first kappa shape index (κ1) is 16.8. The normalized spacial score (nSPS) is 14.1. The lowest BCUT2D eigenvalue weighted by Crippen LogP contribution is -2.19. The van der Waals surface area contributed by atoms with Gasteiger partial charge in [0.15, 0.2) is 11.5 Å². The number of carbonyl (C=O) groups is 1. The molecule has 0 unspecified atom stereocenters. The molecule has 0 saturated heterocycles. The van der Waals surface area contributed by atoms with Crippen LogP contribution in [0.4, 0.5) is 5.69 Å². The van der Waals surface area contributed by atoms with Crippen molar-refractivity contribution in [1.29, 1.82) is 0 Å². The number of amides is 1. The summed E-state index contributed by atoms with van der Waals surface area (Å²) >= 11 is 0. The van der Waals surface area contributed by atoms with E-state index >= 15 is 0 Å². The monoisotopic (exact) mass is 336 g/mol. The van der Waals surface area contributed by atoms with Crippen LogP contribution in [0, 0.1) is 0 Å². The summed E-state index contributed by atoms with van der Waals surface area (Å²) in [6.07, 6.45) is 4.40. The number of hydrogen-bond donors (Lipinski definition) is 0. The zero-order valence-corrected chi connectivity index (χ0v) is 14.5. The smallest absolute Gasteiger partial charge is 0.253 e.